The topological polar surface area (TPSA) is 35.5 Å². The third-order valence-corrected chi connectivity index (χ3v) is 2.24. The summed E-state index contributed by atoms with van der Waals surface area (Å²) in [4.78, 5) is 9.71. The standard InChI is InChI=1S/C7H12O3S/c1-6(2)9-4-7(3,10-6)11-5-8/h5H,4H2,1-3H3/t7-/m1/s1. The molecule has 1 heterocycles. The second kappa shape index (κ2) is 2.77. The Labute approximate surface area is 70.4 Å². The van der Waals surface area contributed by atoms with E-state index in [4.69, 9.17) is 9.47 Å². The van der Waals surface area contributed by atoms with E-state index in [-0.39, 0.29) is 0 Å². The van der Waals surface area contributed by atoms with E-state index in [0.717, 1.165) is 17.4 Å². The molecule has 0 unspecified atom stereocenters. The van der Waals surface area contributed by atoms with Crippen molar-refractivity contribution >= 4 is 17.4 Å². The number of ether oxygens (including phenoxy) is 2. The molecule has 1 rings (SSSR count). The summed E-state index contributed by atoms with van der Waals surface area (Å²) < 4.78 is 10.8. The third-order valence-electron chi connectivity index (χ3n) is 1.44. The van der Waals surface area contributed by atoms with Gasteiger partial charge in [0.25, 0.3) is 0 Å². The van der Waals surface area contributed by atoms with Crippen LogP contribution in [0.2, 0.25) is 0 Å². The summed E-state index contributed by atoms with van der Waals surface area (Å²) in [5.41, 5.74) is 0.782. The Bertz CT molecular complexity index is 169. The van der Waals surface area contributed by atoms with E-state index in [0.29, 0.717) is 6.61 Å². The highest BCUT2D eigenvalue weighted by Gasteiger charge is 2.42. The summed E-state index contributed by atoms with van der Waals surface area (Å²) >= 11 is 1.12. The molecule has 0 amide bonds. The van der Waals surface area contributed by atoms with Gasteiger partial charge in [0.2, 0.25) is 0 Å². The van der Waals surface area contributed by atoms with Gasteiger partial charge in [-0.2, -0.15) is 0 Å². The Morgan fingerprint density at radius 1 is 1.45 bits per heavy atom. The maximum absolute atomic E-state index is 10.2. The Balaban J connectivity index is 2.57. The SMILES string of the molecule is CC1(C)OC[C@@](C)(SC=O)O1. The fourth-order valence-electron chi connectivity index (χ4n) is 1.04. The predicted molar refractivity (Wildman–Crippen MR) is 43.9 cm³/mol. The molecule has 0 aliphatic carbocycles. The average Bonchev–Trinajstić information content (AvgIpc) is 2.07. The normalized spacial score (nSPS) is 35.5. The van der Waals surface area contributed by atoms with Crippen LogP contribution in [0.15, 0.2) is 0 Å². The van der Waals surface area contributed by atoms with Crippen LogP contribution < -0.4 is 0 Å². The molecule has 1 saturated heterocycles. The van der Waals surface area contributed by atoms with Crippen molar-refractivity contribution in [2.75, 3.05) is 6.61 Å². The quantitative estimate of drug-likeness (QED) is 0.596. The van der Waals surface area contributed by atoms with Crippen LogP contribution in [0, 0.1) is 0 Å². The number of hydrogen-bond donors (Lipinski definition) is 0. The van der Waals surface area contributed by atoms with Crippen molar-refractivity contribution in [2.45, 2.75) is 31.5 Å². The fourth-order valence-corrected chi connectivity index (χ4v) is 1.62. The second-order valence-electron chi connectivity index (χ2n) is 3.14. The Kier molecular flexibility index (Phi) is 2.27. The van der Waals surface area contributed by atoms with Crippen LogP contribution >= 0.6 is 11.8 Å². The van der Waals surface area contributed by atoms with Gasteiger partial charge < -0.3 is 9.47 Å². The van der Waals surface area contributed by atoms with Crippen LogP contribution in [0.4, 0.5) is 0 Å². The second-order valence-corrected chi connectivity index (χ2v) is 4.43. The minimum atomic E-state index is -0.551. The lowest BCUT2D eigenvalue weighted by Gasteiger charge is -2.21. The van der Waals surface area contributed by atoms with Gasteiger partial charge in [0.15, 0.2) is 11.4 Å². The van der Waals surface area contributed by atoms with E-state index in [1.54, 1.807) is 0 Å². The molecule has 0 saturated carbocycles. The Morgan fingerprint density at radius 3 is 2.45 bits per heavy atom. The lowest BCUT2D eigenvalue weighted by molar-refractivity contribution is -0.141. The number of hydrogen-bond acceptors (Lipinski definition) is 4. The summed E-state index contributed by atoms with van der Waals surface area (Å²) in [5, 5.41) is 0. The molecule has 4 heteroatoms. The average molecular weight is 176 g/mol. The molecule has 0 bridgehead atoms. The summed E-state index contributed by atoms with van der Waals surface area (Å²) in [6.07, 6.45) is 0. The molecule has 64 valence electrons. The first-order valence-corrected chi connectivity index (χ1v) is 4.31. The number of carbonyl (C=O) groups excluding carboxylic acids is 1. The molecule has 1 fully saturated rings. The highest BCUT2D eigenvalue weighted by atomic mass is 32.2. The molecule has 0 aromatic carbocycles. The van der Waals surface area contributed by atoms with Gasteiger partial charge in [-0.25, -0.2) is 0 Å². The highest BCUT2D eigenvalue weighted by Crippen LogP contribution is 2.37. The molecule has 1 atom stereocenters. The van der Waals surface area contributed by atoms with Gasteiger partial charge in [0.1, 0.15) is 4.93 Å². The maximum Gasteiger partial charge on any atom is 0.179 e. The number of rotatable bonds is 2. The predicted octanol–water partition coefficient (Wildman–Crippen LogP) is 1.41. The van der Waals surface area contributed by atoms with E-state index in [1.807, 2.05) is 20.8 Å². The maximum atomic E-state index is 10.2. The zero-order valence-corrected chi connectivity index (χ0v) is 7.73. The third kappa shape index (κ3) is 2.18. The van der Waals surface area contributed by atoms with Gasteiger partial charge in [0.05, 0.1) is 6.61 Å². The van der Waals surface area contributed by atoms with E-state index in [9.17, 15) is 4.79 Å². The van der Waals surface area contributed by atoms with Crippen LogP contribution in [0.25, 0.3) is 0 Å². The first kappa shape index (κ1) is 9.03. The first-order valence-electron chi connectivity index (χ1n) is 3.43. The lowest BCUT2D eigenvalue weighted by Crippen LogP contribution is -2.27. The molecule has 11 heavy (non-hydrogen) atoms. The molecule has 0 aromatic rings. The molecular weight excluding hydrogens is 164 g/mol. The first-order chi connectivity index (χ1) is 4.97. The van der Waals surface area contributed by atoms with Crippen molar-refractivity contribution in [3.05, 3.63) is 0 Å². The smallest absolute Gasteiger partial charge is 0.179 e. The van der Waals surface area contributed by atoms with Crippen molar-refractivity contribution in [3.63, 3.8) is 0 Å². The highest BCUT2D eigenvalue weighted by molar-refractivity contribution is 8.12. The summed E-state index contributed by atoms with van der Waals surface area (Å²) in [5.74, 6) is -0.551. The minimum absolute atomic E-state index is 0.462. The lowest BCUT2D eigenvalue weighted by atomic mass is 10.4. The van der Waals surface area contributed by atoms with E-state index >= 15 is 0 Å². The van der Waals surface area contributed by atoms with Crippen LogP contribution in [0.1, 0.15) is 20.8 Å². The largest absolute Gasteiger partial charge is 0.347 e. The molecule has 0 radical (unpaired) electrons. The molecule has 3 nitrogen and oxygen atoms in total. The fraction of sp³-hybridized carbons (Fsp3) is 0.857. The molecule has 1 aliphatic heterocycles. The van der Waals surface area contributed by atoms with Crippen LogP contribution in [0.3, 0.4) is 0 Å². The van der Waals surface area contributed by atoms with Crippen LogP contribution in [-0.4, -0.2) is 22.9 Å². The van der Waals surface area contributed by atoms with Crippen LogP contribution in [-0.2, 0) is 14.3 Å². The monoisotopic (exact) mass is 176 g/mol. The van der Waals surface area contributed by atoms with Crippen molar-refractivity contribution in [1.82, 2.24) is 0 Å². The van der Waals surface area contributed by atoms with Crippen molar-refractivity contribution in [1.29, 1.82) is 0 Å². The molecule has 1 aliphatic rings. The Morgan fingerprint density at radius 2 is 2.09 bits per heavy atom. The van der Waals surface area contributed by atoms with Gasteiger partial charge in [-0.05, 0) is 20.8 Å². The number of thioether (sulfide) groups is 1. The van der Waals surface area contributed by atoms with Crippen molar-refractivity contribution in [3.8, 4) is 0 Å². The van der Waals surface area contributed by atoms with E-state index in [1.165, 1.54) is 0 Å². The van der Waals surface area contributed by atoms with Crippen molar-refractivity contribution in [2.24, 2.45) is 0 Å². The molecule has 0 N–H and O–H groups in total. The summed E-state index contributed by atoms with van der Waals surface area (Å²) in [6, 6.07) is 0. The van der Waals surface area contributed by atoms with Gasteiger partial charge in [-0.3, -0.25) is 4.79 Å². The molecule has 0 aromatic heterocycles. The van der Waals surface area contributed by atoms with Gasteiger partial charge >= 0.3 is 0 Å². The van der Waals surface area contributed by atoms with E-state index in [2.05, 4.69) is 0 Å². The minimum Gasteiger partial charge on any atom is -0.347 e. The van der Waals surface area contributed by atoms with Crippen molar-refractivity contribution < 1.29 is 14.3 Å². The Hall–Kier alpha value is -0.0600. The number of carbonyl (C=O) groups is 1. The summed E-state index contributed by atoms with van der Waals surface area (Å²) in [7, 11) is 0. The zero-order valence-electron chi connectivity index (χ0n) is 6.92. The van der Waals surface area contributed by atoms with Gasteiger partial charge in [-0.15, -0.1) is 0 Å². The van der Waals surface area contributed by atoms with Gasteiger partial charge in [-0.1, -0.05) is 11.8 Å². The zero-order chi connectivity index (χ0) is 8.54. The van der Waals surface area contributed by atoms with Crippen LogP contribution in [0.5, 0.6) is 0 Å². The van der Waals surface area contributed by atoms with E-state index < -0.39 is 10.7 Å². The summed E-state index contributed by atoms with van der Waals surface area (Å²) in [6.45, 7) is 5.98. The molecule has 0 spiro atoms. The molecular formula is C7H12O3S. The van der Waals surface area contributed by atoms with Gasteiger partial charge in [0, 0.05) is 0 Å².